The second-order valence-electron chi connectivity index (χ2n) is 6.13. The molecule has 0 radical (unpaired) electrons. The third kappa shape index (κ3) is 2.13. The number of aliphatic carboxylic acids is 1. The average Bonchev–Trinajstić information content (AvgIpc) is 2.86. The third-order valence-corrected chi connectivity index (χ3v) is 4.29. The Kier molecular flexibility index (Phi) is 2.95. The molecule has 5 heteroatoms. The summed E-state index contributed by atoms with van der Waals surface area (Å²) in [6.07, 6.45) is 2.43. The highest BCUT2D eigenvalue weighted by Crippen LogP contribution is 2.46. The van der Waals surface area contributed by atoms with Crippen LogP contribution < -0.4 is 0 Å². The molecule has 0 aliphatic heterocycles. The van der Waals surface area contributed by atoms with Crippen LogP contribution in [0.1, 0.15) is 52.3 Å². The van der Waals surface area contributed by atoms with Gasteiger partial charge in [-0.1, -0.05) is 25.9 Å². The maximum absolute atomic E-state index is 11.4. The minimum Gasteiger partial charge on any atom is -0.481 e. The van der Waals surface area contributed by atoms with Gasteiger partial charge in [0.25, 0.3) is 0 Å². The lowest BCUT2D eigenvalue weighted by Crippen LogP contribution is -2.35. The van der Waals surface area contributed by atoms with Crippen LogP contribution in [0.5, 0.6) is 0 Å². The van der Waals surface area contributed by atoms with Crippen LogP contribution in [0.4, 0.5) is 0 Å². The van der Waals surface area contributed by atoms with Crippen molar-refractivity contribution in [2.75, 3.05) is 0 Å². The molecule has 1 atom stereocenters. The summed E-state index contributed by atoms with van der Waals surface area (Å²) in [5.74, 6) is 0.322. The summed E-state index contributed by atoms with van der Waals surface area (Å²) in [6, 6.07) is 0. The zero-order chi connectivity index (χ0) is 13.6. The first kappa shape index (κ1) is 13.1. The monoisotopic (exact) mass is 252 g/mol. The van der Waals surface area contributed by atoms with Crippen LogP contribution in [0.2, 0.25) is 0 Å². The number of carbonyl (C=O) groups is 1. The molecule has 18 heavy (non-hydrogen) atoms. The predicted octanol–water partition coefficient (Wildman–Crippen LogP) is 2.41. The van der Waals surface area contributed by atoms with Gasteiger partial charge in [0.2, 0.25) is 5.89 Å². The van der Waals surface area contributed by atoms with Crippen molar-refractivity contribution in [2.24, 2.45) is 11.3 Å². The Morgan fingerprint density at radius 3 is 2.61 bits per heavy atom. The summed E-state index contributed by atoms with van der Waals surface area (Å²) in [5, 5.41) is 13.3. The van der Waals surface area contributed by atoms with Crippen LogP contribution in [0.15, 0.2) is 4.52 Å². The second-order valence-corrected chi connectivity index (χ2v) is 6.13. The summed E-state index contributed by atoms with van der Waals surface area (Å²) in [7, 11) is 0. The standard InChI is InChI=1S/C13H20N2O3/c1-8(2)13(4,11(16)17)7-9-14-10(15-18-9)12(3)5-6-12/h8H,5-7H2,1-4H3,(H,16,17). The van der Waals surface area contributed by atoms with Crippen LogP contribution >= 0.6 is 0 Å². The molecule has 1 unspecified atom stereocenters. The summed E-state index contributed by atoms with van der Waals surface area (Å²) in [6.45, 7) is 7.62. The van der Waals surface area contributed by atoms with Crippen molar-refractivity contribution in [3.63, 3.8) is 0 Å². The van der Waals surface area contributed by atoms with Gasteiger partial charge in [-0.25, -0.2) is 0 Å². The molecule has 1 N–H and O–H groups in total. The van der Waals surface area contributed by atoms with E-state index in [1.54, 1.807) is 6.92 Å². The maximum atomic E-state index is 11.4. The van der Waals surface area contributed by atoms with Crippen molar-refractivity contribution in [1.29, 1.82) is 0 Å². The SMILES string of the molecule is CC(C)C(C)(Cc1nc(C2(C)CC2)no1)C(=O)O. The molecular weight excluding hydrogens is 232 g/mol. The fourth-order valence-electron chi connectivity index (χ4n) is 1.82. The highest BCUT2D eigenvalue weighted by molar-refractivity contribution is 5.74. The number of nitrogens with zero attached hydrogens (tertiary/aromatic N) is 2. The van der Waals surface area contributed by atoms with Crippen LogP contribution in [-0.4, -0.2) is 21.2 Å². The first-order valence-electron chi connectivity index (χ1n) is 6.34. The van der Waals surface area contributed by atoms with Crippen molar-refractivity contribution >= 4 is 5.97 Å². The van der Waals surface area contributed by atoms with E-state index in [-0.39, 0.29) is 17.8 Å². The number of carboxylic acids is 1. The van der Waals surface area contributed by atoms with E-state index in [2.05, 4.69) is 17.1 Å². The van der Waals surface area contributed by atoms with Gasteiger partial charge in [0.05, 0.1) is 5.41 Å². The smallest absolute Gasteiger partial charge is 0.310 e. The van der Waals surface area contributed by atoms with Crippen molar-refractivity contribution in [3.05, 3.63) is 11.7 Å². The highest BCUT2D eigenvalue weighted by Gasteiger charge is 2.44. The van der Waals surface area contributed by atoms with Gasteiger partial charge in [0, 0.05) is 11.8 Å². The van der Waals surface area contributed by atoms with Crippen molar-refractivity contribution in [1.82, 2.24) is 10.1 Å². The van der Waals surface area contributed by atoms with Crippen LogP contribution in [0, 0.1) is 11.3 Å². The molecule has 1 aliphatic rings. The number of aromatic nitrogens is 2. The summed E-state index contributed by atoms with van der Waals surface area (Å²) >= 11 is 0. The minimum absolute atomic E-state index is 0.00172. The molecule has 1 fully saturated rings. The lowest BCUT2D eigenvalue weighted by atomic mass is 9.76. The van der Waals surface area contributed by atoms with E-state index < -0.39 is 11.4 Å². The number of carboxylic acid groups (broad SMARTS) is 1. The molecule has 1 aromatic rings. The van der Waals surface area contributed by atoms with E-state index in [1.807, 2.05) is 13.8 Å². The zero-order valence-corrected chi connectivity index (χ0v) is 11.4. The molecular formula is C13H20N2O3. The van der Waals surface area contributed by atoms with Crippen molar-refractivity contribution in [3.8, 4) is 0 Å². The van der Waals surface area contributed by atoms with E-state index in [9.17, 15) is 9.90 Å². The Balaban J connectivity index is 2.17. The lowest BCUT2D eigenvalue weighted by Gasteiger charge is -2.27. The van der Waals surface area contributed by atoms with Gasteiger partial charge in [-0.2, -0.15) is 4.98 Å². The largest absolute Gasteiger partial charge is 0.481 e. The zero-order valence-electron chi connectivity index (χ0n) is 11.4. The normalized spacial score (nSPS) is 20.7. The van der Waals surface area contributed by atoms with Gasteiger partial charge < -0.3 is 9.63 Å². The first-order valence-corrected chi connectivity index (χ1v) is 6.34. The van der Waals surface area contributed by atoms with Crippen LogP contribution in [0.25, 0.3) is 0 Å². The fraction of sp³-hybridized carbons (Fsp3) is 0.769. The molecule has 100 valence electrons. The lowest BCUT2D eigenvalue weighted by molar-refractivity contribution is -0.150. The van der Waals surface area contributed by atoms with E-state index in [4.69, 9.17) is 4.52 Å². The molecule has 0 bridgehead atoms. The second kappa shape index (κ2) is 4.07. The Hall–Kier alpha value is -1.39. The Bertz CT molecular complexity index is 463. The molecule has 1 heterocycles. The van der Waals surface area contributed by atoms with Gasteiger partial charge in [-0.05, 0) is 25.7 Å². The molecule has 5 nitrogen and oxygen atoms in total. The topological polar surface area (TPSA) is 76.2 Å². The predicted molar refractivity (Wildman–Crippen MR) is 65.2 cm³/mol. The Labute approximate surface area is 107 Å². The van der Waals surface area contributed by atoms with E-state index >= 15 is 0 Å². The molecule has 0 aromatic carbocycles. The summed E-state index contributed by atoms with van der Waals surface area (Å²) in [4.78, 5) is 15.7. The first-order chi connectivity index (χ1) is 8.28. The van der Waals surface area contributed by atoms with Crippen LogP contribution in [-0.2, 0) is 16.6 Å². The average molecular weight is 252 g/mol. The fourth-order valence-corrected chi connectivity index (χ4v) is 1.82. The molecule has 0 saturated heterocycles. The Morgan fingerprint density at radius 2 is 2.17 bits per heavy atom. The summed E-state index contributed by atoms with van der Waals surface area (Å²) < 4.78 is 5.20. The number of rotatable bonds is 5. The molecule has 1 saturated carbocycles. The van der Waals surface area contributed by atoms with E-state index in [1.165, 1.54) is 0 Å². The van der Waals surface area contributed by atoms with Gasteiger partial charge in [0.1, 0.15) is 0 Å². The van der Waals surface area contributed by atoms with E-state index in [0.717, 1.165) is 12.8 Å². The third-order valence-electron chi connectivity index (χ3n) is 4.29. The van der Waals surface area contributed by atoms with Gasteiger partial charge >= 0.3 is 5.97 Å². The maximum Gasteiger partial charge on any atom is 0.310 e. The summed E-state index contributed by atoms with van der Waals surface area (Å²) in [5.41, 5.74) is -0.812. The molecule has 2 rings (SSSR count). The highest BCUT2D eigenvalue weighted by atomic mass is 16.5. The number of hydrogen-bond acceptors (Lipinski definition) is 4. The van der Waals surface area contributed by atoms with E-state index in [0.29, 0.717) is 11.7 Å². The van der Waals surface area contributed by atoms with Crippen molar-refractivity contribution in [2.45, 2.75) is 52.4 Å². The van der Waals surface area contributed by atoms with Gasteiger partial charge in [-0.15, -0.1) is 0 Å². The van der Waals surface area contributed by atoms with Gasteiger partial charge in [0.15, 0.2) is 5.82 Å². The van der Waals surface area contributed by atoms with Crippen LogP contribution in [0.3, 0.4) is 0 Å². The molecule has 0 spiro atoms. The number of hydrogen-bond donors (Lipinski definition) is 1. The quantitative estimate of drug-likeness (QED) is 0.870. The molecule has 0 amide bonds. The van der Waals surface area contributed by atoms with Gasteiger partial charge in [-0.3, -0.25) is 4.79 Å². The Morgan fingerprint density at radius 1 is 1.56 bits per heavy atom. The minimum atomic E-state index is -0.867. The molecule has 1 aliphatic carbocycles. The molecule has 1 aromatic heterocycles. The van der Waals surface area contributed by atoms with Crippen molar-refractivity contribution < 1.29 is 14.4 Å².